The van der Waals surface area contributed by atoms with Gasteiger partial charge in [-0.2, -0.15) is 0 Å². The van der Waals surface area contributed by atoms with Crippen LogP contribution < -0.4 is 5.73 Å². The molecule has 0 bridgehead atoms. The number of hydrogen-bond acceptors (Lipinski definition) is 4. The Morgan fingerprint density at radius 1 is 1.37 bits per heavy atom. The van der Waals surface area contributed by atoms with Crippen molar-refractivity contribution in [3.63, 3.8) is 0 Å². The van der Waals surface area contributed by atoms with Crippen LogP contribution in [0, 0.1) is 0 Å². The molecular weight excluding hydrogens is 266 g/mol. The summed E-state index contributed by atoms with van der Waals surface area (Å²) in [6.45, 7) is 4.17. The van der Waals surface area contributed by atoms with Gasteiger partial charge in [0.25, 0.3) is 0 Å². The topological polar surface area (TPSA) is 60.1 Å². The zero-order valence-electron chi connectivity index (χ0n) is 10.7. The molecule has 0 atom stereocenters. The van der Waals surface area contributed by atoms with Crippen molar-refractivity contribution >= 4 is 17.4 Å². The molecule has 1 fully saturated rings. The Morgan fingerprint density at radius 2 is 2.11 bits per heavy atom. The average Bonchev–Trinajstić information content (AvgIpc) is 2.42. The maximum Gasteiger partial charge on any atom is 0.153 e. The molecule has 2 rings (SSSR count). The van der Waals surface area contributed by atoms with Crippen molar-refractivity contribution in [3.05, 3.63) is 34.9 Å². The number of nitrogens with two attached hydrogens (primary N) is 1. The molecule has 1 aliphatic heterocycles. The van der Waals surface area contributed by atoms with Crippen molar-refractivity contribution < 1.29 is 9.57 Å². The Kier molecular flexibility index (Phi) is 5.44. The molecule has 0 spiro atoms. The van der Waals surface area contributed by atoms with Crippen LogP contribution in [0.5, 0.6) is 0 Å². The second-order valence-corrected chi connectivity index (χ2v) is 4.74. The van der Waals surface area contributed by atoms with Crippen LogP contribution in [0.3, 0.4) is 0 Å². The number of oxime groups is 1. The molecule has 1 aliphatic rings. The van der Waals surface area contributed by atoms with Gasteiger partial charge < -0.3 is 15.3 Å². The number of amidine groups is 1. The average molecular weight is 284 g/mol. The van der Waals surface area contributed by atoms with E-state index in [-0.39, 0.29) is 0 Å². The van der Waals surface area contributed by atoms with Crippen molar-refractivity contribution in [1.82, 2.24) is 4.90 Å². The van der Waals surface area contributed by atoms with E-state index >= 15 is 0 Å². The maximum atomic E-state index is 6.01. The van der Waals surface area contributed by atoms with Gasteiger partial charge >= 0.3 is 0 Å². The minimum absolute atomic E-state index is 0.323. The third kappa shape index (κ3) is 4.70. The molecule has 0 unspecified atom stereocenters. The van der Waals surface area contributed by atoms with Gasteiger partial charge in [-0.1, -0.05) is 35.0 Å². The minimum atomic E-state index is 0.323. The van der Waals surface area contributed by atoms with Crippen molar-refractivity contribution in [2.75, 3.05) is 32.8 Å². The van der Waals surface area contributed by atoms with Gasteiger partial charge in [-0.15, -0.1) is 0 Å². The highest BCUT2D eigenvalue weighted by Crippen LogP contribution is 2.15. The Hall–Kier alpha value is -1.30. The predicted octanol–water partition coefficient (Wildman–Crippen LogP) is 1.46. The van der Waals surface area contributed by atoms with E-state index in [0.717, 1.165) is 31.9 Å². The Labute approximate surface area is 117 Å². The van der Waals surface area contributed by atoms with Crippen molar-refractivity contribution in [3.8, 4) is 0 Å². The standard InChI is InChI=1S/C13H18ClN3O2/c14-12-4-2-1-3-11(12)10-19-16-13(15)9-17-5-7-18-8-6-17/h1-4H,5-10H2,(H2,15,16). The lowest BCUT2D eigenvalue weighted by Crippen LogP contribution is -2.41. The lowest BCUT2D eigenvalue weighted by Gasteiger charge is -2.25. The third-order valence-electron chi connectivity index (χ3n) is 2.85. The van der Waals surface area contributed by atoms with Crippen LogP contribution in [0.4, 0.5) is 0 Å². The van der Waals surface area contributed by atoms with Crippen LogP contribution >= 0.6 is 11.6 Å². The second kappa shape index (κ2) is 7.33. The predicted molar refractivity (Wildman–Crippen MR) is 75.1 cm³/mol. The zero-order chi connectivity index (χ0) is 13.5. The number of rotatable bonds is 5. The van der Waals surface area contributed by atoms with E-state index in [9.17, 15) is 0 Å². The molecule has 2 N–H and O–H groups in total. The zero-order valence-corrected chi connectivity index (χ0v) is 11.5. The molecule has 0 saturated carbocycles. The number of morpholine rings is 1. The van der Waals surface area contributed by atoms with Crippen molar-refractivity contribution in [2.24, 2.45) is 10.9 Å². The van der Waals surface area contributed by atoms with Crippen molar-refractivity contribution in [1.29, 1.82) is 0 Å². The second-order valence-electron chi connectivity index (χ2n) is 4.34. The van der Waals surface area contributed by atoms with Crippen molar-refractivity contribution in [2.45, 2.75) is 6.61 Å². The maximum absolute atomic E-state index is 6.01. The summed E-state index contributed by atoms with van der Waals surface area (Å²) < 4.78 is 5.27. The van der Waals surface area contributed by atoms with Gasteiger partial charge in [-0.3, -0.25) is 4.90 Å². The van der Waals surface area contributed by atoms with Gasteiger partial charge in [0.1, 0.15) is 6.61 Å². The lowest BCUT2D eigenvalue weighted by atomic mass is 10.2. The molecule has 19 heavy (non-hydrogen) atoms. The Balaban J connectivity index is 1.76. The number of halogens is 1. The molecule has 104 valence electrons. The Bertz CT molecular complexity index is 434. The van der Waals surface area contributed by atoms with Gasteiger partial charge in [-0.05, 0) is 6.07 Å². The van der Waals surface area contributed by atoms with Crippen LogP contribution in [0.15, 0.2) is 29.4 Å². The first-order valence-corrected chi connectivity index (χ1v) is 6.61. The fraction of sp³-hybridized carbons (Fsp3) is 0.462. The quantitative estimate of drug-likeness (QED) is 0.505. The summed E-state index contributed by atoms with van der Waals surface area (Å²) in [5.41, 5.74) is 6.71. The summed E-state index contributed by atoms with van der Waals surface area (Å²) in [5.74, 6) is 0.467. The molecular formula is C13H18ClN3O2. The smallest absolute Gasteiger partial charge is 0.153 e. The van der Waals surface area contributed by atoms with E-state index in [2.05, 4.69) is 10.1 Å². The van der Waals surface area contributed by atoms with Gasteiger partial charge in [0.05, 0.1) is 19.8 Å². The molecule has 0 aliphatic carbocycles. The summed E-state index contributed by atoms with van der Waals surface area (Å²) in [7, 11) is 0. The molecule has 5 nitrogen and oxygen atoms in total. The summed E-state index contributed by atoms with van der Waals surface area (Å²) >= 11 is 6.01. The molecule has 1 heterocycles. The van der Waals surface area contributed by atoms with E-state index in [4.69, 9.17) is 26.9 Å². The monoisotopic (exact) mass is 283 g/mol. The normalized spacial score (nSPS) is 17.4. The fourth-order valence-corrected chi connectivity index (χ4v) is 2.01. The van der Waals surface area contributed by atoms with Gasteiger partial charge in [-0.25, -0.2) is 0 Å². The molecule has 1 saturated heterocycles. The summed E-state index contributed by atoms with van der Waals surface area (Å²) in [5, 5.41) is 4.58. The molecule has 0 aromatic heterocycles. The van der Waals surface area contributed by atoms with Crippen LogP contribution in [0.2, 0.25) is 5.02 Å². The molecule has 1 aromatic rings. The molecule has 6 heteroatoms. The number of nitrogens with zero attached hydrogens (tertiary/aromatic N) is 2. The highest BCUT2D eigenvalue weighted by atomic mass is 35.5. The van der Waals surface area contributed by atoms with Gasteiger partial charge in [0.2, 0.25) is 0 Å². The fourth-order valence-electron chi connectivity index (χ4n) is 1.82. The number of ether oxygens (including phenoxy) is 1. The summed E-state index contributed by atoms with van der Waals surface area (Å²) in [4.78, 5) is 7.41. The first-order valence-electron chi connectivity index (χ1n) is 6.23. The first kappa shape index (κ1) is 14.1. The van der Waals surface area contributed by atoms with Gasteiger partial charge in [0, 0.05) is 23.7 Å². The lowest BCUT2D eigenvalue weighted by molar-refractivity contribution is 0.0443. The first-order chi connectivity index (χ1) is 9.25. The van der Waals surface area contributed by atoms with E-state index in [1.165, 1.54) is 0 Å². The number of benzene rings is 1. The summed E-state index contributed by atoms with van der Waals surface area (Å²) in [6.07, 6.45) is 0. The largest absolute Gasteiger partial charge is 0.389 e. The van der Waals surface area contributed by atoms with Crippen LogP contribution in [-0.2, 0) is 16.2 Å². The molecule has 1 aromatic carbocycles. The van der Waals surface area contributed by atoms with E-state index in [1.54, 1.807) is 0 Å². The van der Waals surface area contributed by atoms with Crippen LogP contribution in [0.25, 0.3) is 0 Å². The van der Waals surface area contributed by atoms with Crippen LogP contribution in [-0.4, -0.2) is 43.6 Å². The van der Waals surface area contributed by atoms with Crippen LogP contribution in [0.1, 0.15) is 5.56 Å². The van der Waals surface area contributed by atoms with E-state index in [1.807, 2.05) is 24.3 Å². The molecule has 0 amide bonds. The highest BCUT2D eigenvalue weighted by Gasteiger charge is 2.11. The summed E-state index contributed by atoms with van der Waals surface area (Å²) in [6, 6.07) is 7.50. The SMILES string of the molecule is N/C(CN1CCOCC1)=N\OCc1ccccc1Cl. The minimum Gasteiger partial charge on any atom is -0.389 e. The molecule has 0 radical (unpaired) electrons. The van der Waals surface area contributed by atoms with Gasteiger partial charge in [0.15, 0.2) is 5.84 Å². The number of hydrogen-bond donors (Lipinski definition) is 1. The van der Waals surface area contributed by atoms with E-state index in [0.29, 0.717) is 24.0 Å². The third-order valence-corrected chi connectivity index (χ3v) is 3.22. The van der Waals surface area contributed by atoms with E-state index < -0.39 is 0 Å². The Morgan fingerprint density at radius 3 is 2.84 bits per heavy atom. The highest BCUT2D eigenvalue weighted by molar-refractivity contribution is 6.31.